The van der Waals surface area contributed by atoms with Crippen LogP contribution in [0, 0.1) is 5.92 Å². The molecule has 0 aromatic heterocycles. The number of rotatable bonds is 3. The van der Waals surface area contributed by atoms with E-state index < -0.39 is 18.1 Å². The molecular formula is C7H14N2O4. The minimum Gasteiger partial charge on any atom is -0.480 e. The van der Waals surface area contributed by atoms with Crippen LogP contribution in [0.2, 0.25) is 0 Å². The molecule has 0 aliphatic heterocycles. The predicted octanol–water partition coefficient (Wildman–Crippen LogP) is 0.0377. The van der Waals surface area contributed by atoms with Crippen molar-refractivity contribution in [2.24, 2.45) is 11.8 Å². The van der Waals surface area contributed by atoms with Crippen LogP contribution in [0.15, 0.2) is 0 Å². The minimum absolute atomic E-state index is 0.276. The van der Waals surface area contributed by atoms with Crippen molar-refractivity contribution in [2.75, 3.05) is 7.11 Å². The second-order valence-corrected chi connectivity index (χ2v) is 2.90. The Morgan fingerprint density at radius 1 is 1.46 bits per heavy atom. The van der Waals surface area contributed by atoms with Gasteiger partial charge in [0.1, 0.15) is 0 Å². The van der Waals surface area contributed by atoms with E-state index in [1.54, 1.807) is 13.8 Å². The zero-order chi connectivity index (χ0) is 10.6. The summed E-state index contributed by atoms with van der Waals surface area (Å²) in [6, 6.07) is -1.06. The summed E-state index contributed by atoms with van der Waals surface area (Å²) in [7, 11) is 1.14. The number of hydrazine groups is 1. The lowest BCUT2D eigenvalue weighted by molar-refractivity contribution is -0.144. The summed E-state index contributed by atoms with van der Waals surface area (Å²) in [5.41, 5.74) is 0. The fraction of sp³-hybridized carbons (Fsp3) is 0.714. The van der Waals surface area contributed by atoms with Crippen molar-refractivity contribution in [1.82, 2.24) is 5.01 Å². The summed E-state index contributed by atoms with van der Waals surface area (Å²) in [6.07, 6.45) is -0.860. The third-order valence-electron chi connectivity index (χ3n) is 1.57. The minimum atomic E-state index is -1.15. The number of carboxylic acids is 1. The first-order valence-corrected chi connectivity index (χ1v) is 3.76. The molecule has 6 nitrogen and oxygen atoms in total. The molecule has 0 aromatic rings. The van der Waals surface area contributed by atoms with E-state index in [-0.39, 0.29) is 5.92 Å². The van der Waals surface area contributed by atoms with Crippen molar-refractivity contribution < 1.29 is 19.4 Å². The maximum atomic E-state index is 10.9. The first kappa shape index (κ1) is 11.7. The molecule has 0 fully saturated rings. The molecule has 3 N–H and O–H groups in total. The molecule has 0 spiro atoms. The number of nitrogens with two attached hydrogens (primary N) is 1. The molecule has 0 aromatic carbocycles. The lowest BCUT2D eigenvalue weighted by Crippen LogP contribution is -2.52. The Kier molecular flexibility index (Phi) is 4.19. The average Bonchev–Trinajstić information content (AvgIpc) is 2.01. The van der Waals surface area contributed by atoms with Crippen LogP contribution in [0.1, 0.15) is 13.8 Å². The van der Waals surface area contributed by atoms with Crippen LogP contribution in [-0.2, 0) is 9.53 Å². The number of methoxy groups -OCH3 is 1. The molecule has 1 atom stereocenters. The van der Waals surface area contributed by atoms with Crippen molar-refractivity contribution in [1.29, 1.82) is 0 Å². The molecule has 0 rings (SSSR count). The molecule has 0 aliphatic rings. The Balaban J connectivity index is 4.55. The zero-order valence-corrected chi connectivity index (χ0v) is 7.85. The number of carbonyl (C=O) groups excluding carboxylic acids is 1. The zero-order valence-electron chi connectivity index (χ0n) is 7.85. The van der Waals surface area contributed by atoms with Crippen molar-refractivity contribution in [3.05, 3.63) is 0 Å². The van der Waals surface area contributed by atoms with E-state index in [0.29, 0.717) is 5.01 Å². The van der Waals surface area contributed by atoms with Crippen molar-refractivity contribution >= 4 is 12.1 Å². The lowest BCUT2D eigenvalue weighted by Gasteiger charge is -2.25. The van der Waals surface area contributed by atoms with Gasteiger partial charge in [0.2, 0.25) is 0 Å². The summed E-state index contributed by atoms with van der Waals surface area (Å²) in [5, 5.41) is 9.31. The van der Waals surface area contributed by atoms with Crippen molar-refractivity contribution in [3.8, 4) is 0 Å². The van der Waals surface area contributed by atoms with Gasteiger partial charge >= 0.3 is 12.1 Å². The number of nitrogens with zero attached hydrogens (tertiary/aromatic N) is 1. The molecule has 0 bridgehead atoms. The van der Waals surface area contributed by atoms with Gasteiger partial charge in [0.05, 0.1) is 7.11 Å². The van der Waals surface area contributed by atoms with Crippen molar-refractivity contribution in [3.63, 3.8) is 0 Å². The van der Waals surface area contributed by atoms with Gasteiger partial charge in [-0.15, -0.1) is 0 Å². The summed E-state index contributed by atoms with van der Waals surface area (Å²) >= 11 is 0. The van der Waals surface area contributed by atoms with Gasteiger partial charge in [-0.25, -0.2) is 20.4 Å². The highest BCUT2D eigenvalue weighted by atomic mass is 16.5. The predicted molar refractivity (Wildman–Crippen MR) is 44.7 cm³/mol. The van der Waals surface area contributed by atoms with E-state index in [9.17, 15) is 9.59 Å². The summed E-state index contributed by atoms with van der Waals surface area (Å²) in [6.45, 7) is 3.31. The van der Waals surface area contributed by atoms with Crippen molar-refractivity contribution in [2.45, 2.75) is 19.9 Å². The van der Waals surface area contributed by atoms with E-state index in [4.69, 9.17) is 10.9 Å². The first-order chi connectivity index (χ1) is 5.91. The molecule has 1 amide bonds. The number of carbonyl (C=O) groups is 2. The number of carboxylic acid groups (broad SMARTS) is 1. The fourth-order valence-electron chi connectivity index (χ4n) is 0.944. The number of amides is 1. The summed E-state index contributed by atoms with van der Waals surface area (Å²) < 4.78 is 4.29. The number of hydrogen-bond donors (Lipinski definition) is 2. The van der Waals surface area contributed by atoms with Crippen LogP contribution in [0.5, 0.6) is 0 Å². The molecule has 76 valence electrons. The van der Waals surface area contributed by atoms with Gasteiger partial charge in [0, 0.05) is 0 Å². The van der Waals surface area contributed by atoms with E-state index in [0.717, 1.165) is 7.11 Å². The fourth-order valence-corrected chi connectivity index (χ4v) is 0.944. The molecular weight excluding hydrogens is 176 g/mol. The maximum Gasteiger partial charge on any atom is 0.424 e. The molecule has 13 heavy (non-hydrogen) atoms. The smallest absolute Gasteiger partial charge is 0.424 e. The third kappa shape index (κ3) is 2.90. The van der Waals surface area contributed by atoms with E-state index in [2.05, 4.69) is 4.74 Å². The molecule has 0 unspecified atom stereocenters. The molecule has 0 aliphatic carbocycles. The standard InChI is InChI=1S/C7H14N2O4/c1-4(2)5(6(10)11)9(8)7(12)13-3/h4-5H,8H2,1-3H3,(H,10,11)/t5-/m0/s1. The van der Waals surface area contributed by atoms with Crippen LogP contribution in [0.3, 0.4) is 0 Å². The number of hydrogen-bond acceptors (Lipinski definition) is 4. The topological polar surface area (TPSA) is 92.9 Å². The Hall–Kier alpha value is -1.30. The Morgan fingerprint density at radius 2 is 1.92 bits per heavy atom. The molecule has 6 heteroatoms. The van der Waals surface area contributed by atoms with Gasteiger partial charge in [0.25, 0.3) is 0 Å². The number of aliphatic carboxylic acids is 1. The second-order valence-electron chi connectivity index (χ2n) is 2.90. The monoisotopic (exact) mass is 190 g/mol. The van der Waals surface area contributed by atoms with Gasteiger partial charge in [-0.3, -0.25) is 0 Å². The Bertz CT molecular complexity index is 205. The van der Waals surface area contributed by atoms with E-state index >= 15 is 0 Å². The highest BCUT2D eigenvalue weighted by Gasteiger charge is 2.30. The molecule has 0 radical (unpaired) electrons. The normalized spacial score (nSPS) is 12.4. The highest BCUT2D eigenvalue weighted by molar-refractivity contribution is 5.79. The second kappa shape index (κ2) is 4.66. The first-order valence-electron chi connectivity index (χ1n) is 3.76. The van der Waals surface area contributed by atoms with Crippen LogP contribution in [-0.4, -0.2) is 35.3 Å². The third-order valence-corrected chi connectivity index (χ3v) is 1.57. The van der Waals surface area contributed by atoms with E-state index in [1.165, 1.54) is 0 Å². The molecule has 0 saturated carbocycles. The lowest BCUT2D eigenvalue weighted by atomic mass is 10.0. The van der Waals surface area contributed by atoms with Gasteiger partial charge < -0.3 is 9.84 Å². The Morgan fingerprint density at radius 3 is 2.15 bits per heavy atom. The number of ether oxygens (including phenoxy) is 1. The average molecular weight is 190 g/mol. The molecule has 0 saturated heterocycles. The van der Waals surface area contributed by atoms with Gasteiger partial charge in [0.15, 0.2) is 6.04 Å². The SMILES string of the molecule is COC(=O)N(N)[C@H](C(=O)O)C(C)C. The quantitative estimate of drug-likeness (QED) is 0.372. The van der Waals surface area contributed by atoms with Crippen LogP contribution in [0.25, 0.3) is 0 Å². The largest absolute Gasteiger partial charge is 0.480 e. The van der Waals surface area contributed by atoms with Gasteiger partial charge in [-0.2, -0.15) is 0 Å². The van der Waals surface area contributed by atoms with Crippen LogP contribution >= 0.6 is 0 Å². The highest BCUT2D eigenvalue weighted by Crippen LogP contribution is 2.08. The van der Waals surface area contributed by atoms with Crippen LogP contribution < -0.4 is 5.84 Å². The Labute approximate surface area is 76.2 Å². The maximum absolute atomic E-state index is 10.9. The summed E-state index contributed by atoms with van der Waals surface area (Å²) in [4.78, 5) is 21.6. The van der Waals surface area contributed by atoms with E-state index in [1.807, 2.05) is 0 Å². The summed E-state index contributed by atoms with van der Waals surface area (Å²) in [5.74, 6) is 3.83. The van der Waals surface area contributed by atoms with Gasteiger partial charge in [-0.1, -0.05) is 13.8 Å². The molecule has 0 heterocycles. The van der Waals surface area contributed by atoms with Gasteiger partial charge in [-0.05, 0) is 5.92 Å². The van der Waals surface area contributed by atoms with Crippen LogP contribution in [0.4, 0.5) is 4.79 Å².